The molecule has 0 amide bonds. The molecule has 1 aromatic heterocycles. The van der Waals surface area contributed by atoms with Crippen LogP contribution in [0, 0.1) is 6.92 Å². The summed E-state index contributed by atoms with van der Waals surface area (Å²) in [5.41, 5.74) is 1.82. The fraction of sp³-hybridized carbons (Fsp3) is 0.455. The van der Waals surface area contributed by atoms with Crippen molar-refractivity contribution in [2.24, 2.45) is 0 Å². The van der Waals surface area contributed by atoms with Crippen LogP contribution in [-0.4, -0.2) is 30.9 Å². The third-order valence-corrected chi connectivity index (χ3v) is 2.44. The van der Waals surface area contributed by atoms with E-state index in [4.69, 9.17) is 21.1 Å². The standard InChI is InChI=1S/C11H14ClNO3/c1-7-11(16-3)10(9(14)4-12)8(5-13-7)6-15-2/h5H,4,6H2,1-3H3. The zero-order chi connectivity index (χ0) is 12.1. The van der Waals surface area contributed by atoms with E-state index in [2.05, 4.69) is 4.98 Å². The highest BCUT2D eigenvalue weighted by Crippen LogP contribution is 2.26. The van der Waals surface area contributed by atoms with Crippen LogP contribution in [0.5, 0.6) is 5.75 Å². The number of rotatable bonds is 5. The molecule has 1 heterocycles. The number of aryl methyl sites for hydroxylation is 1. The van der Waals surface area contributed by atoms with Crippen molar-refractivity contribution in [3.63, 3.8) is 0 Å². The molecular formula is C11H14ClNO3. The highest BCUT2D eigenvalue weighted by atomic mass is 35.5. The number of ketones is 1. The Balaban J connectivity index is 3.34. The quantitative estimate of drug-likeness (QED) is 0.586. The van der Waals surface area contributed by atoms with Crippen molar-refractivity contribution in [2.45, 2.75) is 13.5 Å². The molecule has 0 saturated heterocycles. The number of methoxy groups -OCH3 is 2. The first kappa shape index (κ1) is 12.9. The maximum Gasteiger partial charge on any atom is 0.181 e. The Labute approximate surface area is 99.5 Å². The molecule has 0 N–H and O–H groups in total. The molecular weight excluding hydrogens is 230 g/mol. The van der Waals surface area contributed by atoms with Gasteiger partial charge in [-0.05, 0) is 6.92 Å². The average Bonchev–Trinajstić information content (AvgIpc) is 2.30. The molecule has 0 aliphatic rings. The number of hydrogen-bond acceptors (Lipinski definition) is 4. The van der Waals surface area contributed by atoms with E-state index in [1.165, 1.54) is 7.11 Å². The minimum atomic E-state index is -0.184. The number of alkyl halides is 1. The predicted octanol–water partition coefficient (Wildman–Crippen LogP) is 1.97. The lowest BCUT2D eigenvalue weighted by atomic mass is 10.0. The van der Waals surface area contributed by atoms with Crippen LogP contribution in [0.1, 0.15) is 21.6 Å². The second kappa shape index (κ2) is 5.82. The molecule has 1 aromatic rings. The molecule has 5 heteroatoms. The zero-order valence-corrected chi connectivity index (χ0v) is 10.3. The molecule has 0 radical (unpaired) electrons. The van der Waals surface area contributed by atoms with Gasteiger partial charge in [-0.2, -0.15) is 0 Å². The summed E-state index contributed by atoms with van der Waals surface area (Å²) in [6.07, 6.45) is 1.61. The maximum absolute atomic E-state index is 11.7. The molecule has 0 saturated carbocycles. The van der Waals surface area contributed by atoms with E-state index in [0.717, 1.165) is 0 Å². The van der Waals surface area contributed by atoms with E-state index in [1.54, 1.807) is 20.2 Å². The predicted molar refractivity (Wildman–Crippen MR) is 61.3 cm³/mol. The van der Waals surface area contributed by atoms with Gasteiger partial charge in [0.2, 0.25) is 0 Å². The minimum absolute atomic E-state index is 0.0868. The molecule has 4 nitrogen and oxygen atoms in total. The van der Waals surface area contributed by atoms with Crippen molar-refractivity contribution >= 4 is 17.4 Å². The molecule has 1 rings (SSSR count). The van der Waals surface area contributed by atoms with Crippen molar-refractivity contribution in [2.75, 3.05) is 20.1 Å². The Bertz CT molecular complexity index is 393. The number of halogens is 1. The average molecular weight is 244 g/mol. The summed E-state index contributed by atoms with van der Waals surface area (Å²) in [4.78, 5) is 15.9. The Morgan fingerprint density at radius 1 is 1.50 bits per heavy atom. The maximum atomic E-state index is 11.7. The van der Waals surface area contributed by atoms with Gasteiger partial charge in [-0.25, -0.2) is 0 Å². The van der Waals surface area contributed by atoms with Crippen LogP contribution in [0.4, 0.5) is 0 Å². The summed E-state index contributed by atoms with van der Waals surface area (Å²) in [6, 6.07) is 0. The van der Waals surface area contributed by atoms with E-state index in [-0.39, 0.29) is 11.7 Å². The lowest BCUT2D eigenvalue weighted by Gasteiger charge is -2.13. The van der Waals surface area contributed by atoms with Gasteiger partial charge in [-0.3, -0.25) is 9.78 Å². The number of Topliss-reactive ketones (excluding diaryl/α,β-unsaturated/α-hetero) is 1. The van der Waals surface area contributed by atoms with Crippen LogP contribution in [0.15, 0.2) is 6.20 Å². The smallest absolute Gasteiger partial charge is 0.181 e. The van der Waals surface area contributed by atoms with Gasteiger partial charge < -0.3 is 9.47 Å². The van der Waals surface area contributed by atoms with Gasteiger partial charge in [0, 0.05) is 18.9 Å². The van der Waals surface area contributed by atoms with Gasteiger partial charge in [0.15, 0.2) is 11.5 Å². The molecule has 0 aromatic carbocycles. The number of carbonyl (C=O) groups excluding carboxylic acids is 1. The Morgan fingerprint density at radius 2 is 2.19 bits per heavy atom. The van der Waals surface area contributed by atoms with Crippen molar-refractivity contribution in [3.05, 3.63) is 23.0 Å². The largest absolute Gasteiger partial charge is 0.494 e. The van der Waals surface area contributed by atoms with Crippen molar-refractivity contribution < 1.29 is 14.3 Å². The topological polar surface area (TPSA) is 48.4 Å². The summed E-state index contributed by atoms with van der Waals surface area (Å²) in [6.45, 7) is 2.09. The van der Waals surface area contributed by atoms with Crippen LogP contribution in [0.3, 0.4) is 0 Å². The van der Waals surface area contributed by atoms with Gasteiger partial charge in [0.1, 0.15) is 0 Å². The zero-order valence-electron chi connectivity index (χ0n) is 9.54. The first-order valence-electron chi connectivity index (χ1n) is 4.76. The summed E-state index contributed by atoms with van der Waals surface area (Å²) in [7, 11) is 3.06. The number of nitrogens with zero attached hydrogens (tertiary/aromatic N) is 1. The van der Waals surface area contributed by atoms with Gasteiger partial charge in [-0.15, -0.1) is 11.6 Å². The lowest BCUT2D eigenvalue weighted by molar-refractivity contribution is 0.101. The van der Waals surface area contributed by atoms with Crippen LogP contribution in [0.2, 0.25) is 0 Å². The second-order valence-electron chi connectivity index (χ2n) is 3.27. The Kier molecular flexibility index (Phi) is 4.71. The number of hydrogen-bond donors (Lipinski definition) is 0. The fourth-order valence-electron chi connectivity index (χ4n) is 1.51. The summed E-state index contributed by atoms with van der Waals surface area (Å²) >= 11 is 5.57. The van der Waals surface area contributed by atoms with E-state index >= 15 is 0 Å². The molecule has 0 aliphatic heterocycles. The number of aromatic nitrogens is 1. The molecule has 0 unspecified atom stereocenters. The lowest BCUT2D eigenvalue weighted by Crippen LogP contribution is -2.10. The first-order valence-corrected chi connectivity index (χ1v) is 5.29. The first-order chi connectivity index (χ1) is 7.65. The molecule has 88 valence electrons. The van der Waals surface area contributed by atoms with E-state index in [1.807, 2.05) is 0 Å². The van der Waals surface area contributed by atoms with Gasteiger partial charge in [0.05, 0.1) is 30.9 Å². The normalized spacial score (nSPS) is 10.2. The Hall–Kier alpha value is -1.13. The van der Waals surface area contributed by atoms with Crippen LogP contribution >= 0.6 is 11.6 Å². The van der Waals surface area contributed by atoms with Gasteiger partial charge >= 0.3 is 0 Å². The molecule has 0 spiro atoms. The van der Waals surface area contributed by atoms with Gasteiger partial charge in [0.25, 0.3) is 0 Å². The van der Waals surface area contributed by atoms with Crippen molar-refractivity contribution in [1.82, 2.24) is 4.98 Å². The summed E-state index contributed by atoms with van der Waals surface area (Å²) in [5.74, 6) is 0.201. The molecule has 16 heavy (non-hydrogen) atoms. The van der Waals surface area contributed by atoms with Crippen LogP contribution in [0.25, 0.3) is 0 Å². The summed E-state index contributed by atoms with van der Waals surface area (Å²) in [5, 5.41) is 0. The third-order valence-electron chi connectivity index (χ3n) is 2.19. The van der Waals surface area contributed by atoms with E-state index in [0.29, 0.717) is 29.2 Å². The SMILES string of the molecule is COCc1cnc(C)c(OC)c1C(=O)CCl. The highest BCUT2D eigenvalue weighted by molar-refractivity contribution is 6.31. The Morgan fingerprint density at radius 3 is 2.69 bits per heavy atom. The van der Waals surface area contributed by atoms with Crippen molar-refractivity contribution in [3.8, 4) is 5.75 Å². The van der Waals surface area contributed by atoms with E-state index in [9.17, 15) is 4.79 Å². The monoisotopic (exact) mass is 243 g/mol. The third kappa shape index (κ3) is 2.51. The number of ether oxygens (including phenoxy) is 2. The molecule has 0 bridgehead atoms. The van der Waals surface area contributed by atoms with Crippen LogP contribution in [-0.2, 0) is 11.3 Å². The second-order valence-corrected chi connectivity index (χ2v) is 3.53. The summed E-state index contributed by atoms with van der Waals surface area (Å²) < 4.78 is 10.2. The fourth-order valence-corrected chi connectivity index (χ4v) is 1.65. The number of carbonyl (C=O) groups is 1. The highest BCUT2D eigenvalue weighted by Gasteiger charge is 2.19. The molecule has 0 fully saturated rings. The van der Waals surface area contributed by atoms with Crippen LogP contribution < -0.4 is 4.74 Å². The molecule has 0 aliphatic carbocycles. The minimum Gasteiger partial charge on any atom is -0.494 e. The van der Waals surface area contributed by atoms with Crippen molar-refractivity contribution in [1.29, 1.82) is 0 Å². The molecule has 0 atom stereocenters. The van der Waals surface area contributed by atoms with E-state index < -0.39 is 0 Å². The van der Waals surface area contributed by atoms with Gasteiger partial charge in [-0.1, -0.05) is 0 Å². The number of pyridine rings is 1.